The number of halogens is 1. The Labute approximate surface area is 122 Å². The van der Waals surface area contributed by atoms with Crippen LogP contribution < -0.4 is 5.73 Å². The molecule has 1 heterocycles. The highest BCUT2D eigenvalue weighted by molar-refractivity contribution is 5.98. The molecule has 0 saturated carbocycles. The summed E-state index contributed by atoms with van der Waals surface area (Å²) in [6.07, 6.45) is 3.48. The van der Waals surface area contributed by atoms with E-state index in [2.05, 4.69) is 15.0 Å². The van der Waals surface area contributed by atoms with Crippen LogP contribution in [0.5, 0.6) is 0 Å². The van der Waals surface area contributed by atoms with Crippen LogP contribution in [0.2, 0.25) is 0 Å². The lowest BCUT2D eigenvalue weighted by Gasteiger charge is -2.18. The number of benzene rings is 1. The molecule has 0 atom stereocenters. The molecule has 0 fully saturated rings. The molecule has 2 aromatic rings. The minimum absolute atomic E-state index is 0.0955. The summed E-state index contributed by atoms with van der Waals surface area (Å²) in [5.41, 5.74) is 7.92. The first-order valence-corrected chi connectivity index (χ1v) is 6.44. The van der Waals surface area contributed by atoms with Crippen molar-refractivity contribution in [2.45, 2.75) is 13.1 Å². The van der Waals surface area contributed by atoms with E-state index in [1.54, 1.807) is 18.5 Å². The van der Waals surface area contributed by atoms with Gasteiger partial charge in [0.25, 0.3) is 0 Å². The third kappa shape index (κ3) is 4.00. The largest absolute Gasteiger partial charge is 0.409 e. The summed E-state index contributed by atoms with van der Waals surface area (Å²) >= 11 is 0. The van der Waals surface area contributed by atoms with Crippen LogP contribution in [0.3, 0.4) is 0 Å². The van der Waals surface area contributed by atoms with E-state index in [0.717, 1.165) is 17.7 Å². The average molecular weight is 288 g/mol. The number of amidine groups is 1. The van der Waals surface area contributed by atoms with Crippen LogP contribution in [0.1, 0.15) is 16.7 Å². The molecule has 1 aromatic carbocycles. The van der Waals surface area contributed by atoms with Crippen molar-refractivity contribution in [2.24, 2.45) is 10.9 Å². The predicted octanol–water partition coefficient (Wildman–Crippen LogP) is 1.95. The second kappa shape index (κ2) is 6.81. The second-order valence-corrected chi connectivity index (χ2v) is 4.81. The van der Waals surface area contributed by atoms with Gasteiger partial charge in [-0.3, -0.25) is 9.88 Å². The maximum atomic E-state index is 13.3. The molecule has 0 aliphatic carbocycles. The Hall–Kier alpha value is -2.47. The summed E-state index contributed by atoms with van der Waals surface area (Å²) in [5.74, 6) is -0.515. The number of hydrogen-bond acceptors (Lipinski definition) is 4. The Kier molecular flexibility index (Phi) is 4.84. The highest BCUT2D eigenvalue weighted by atomic mass is 19.1. The van der Waals surface area contributed by atoms with E-state index in [1.807, 2.05) is 19.2 Å². The second-order valence-electron chi connectivity index (χ2n) is 4.81. The van der Waals surface area contributed by atoms with Crippen LogP contribution in [0.4, 0.5) is 4.39 Å². The van der Waals surface area contributed by atoms with E-state index in [0.29, 0.717) is 12.1 Å². The normalized spacial score (nSPS) is 11.9. The standard InChI is InChI=1S/C15H17FN4O/c1-20(9-11-4-6-18-7-5-11)10-12-2-3-13(16)8-14(12)15(17)19-21/h2-8,21H,9-10H2,1H3,(H2,17,19). The minimum atomic E-state index is -0.419. The number of rotatable bonds is 5. The zero-order valence-corrected chi connectivity index (χ0v) is 11.7. The van der Waals surface area contributed by atoms with Crippen LogP contribution in [0.25, 0.3) is 0 Å². The van der Waals surface area contributed by atoms with Gasteiger partial charge in [-0.2, -0.15) is 0 Å². The maximum Gasteiger partial charge on any atom is 0.170 e. The Morgan fingerprint density at radius 2 is 2.00 bits per heavy atom. The van der Waals surface area contributed by atoms with Gasteiger partial charge in [0.15, 0.2) is 5.84 Å². The summed E-state index contributed by atoms with van der Waals surface area (Å²) < 4.78 is 13.3. The summed E-state index contributed by atoms with van der Waals surface area (Å²) in [4.78, 5) is 6.03. The van der Waals surface area contributed by atoms with Gasteiger partial charge in [0.2, 0.25) is 0 Å². The van der Waals surface area contributed by atoms with Gasteiger partial charge >= 0.3 is 0 Å². The molecule has 3 N–H and O–H groups in total. The summed E-state index contributed by atoms with van der Waals surface area (Å²) in [6, 6.07) is 8.15. The summed E-state index contributed by atoms with van der Waals surface area (Å²) in [6.45, 7) is 1.27. The molecule has 0 bridgehead atoms. The first kappa shape index (κ1) is 14.9. The van der Waals surface area contributed by atoms with Crippen LogP contribution in [0.15, 0.2) is 47.9 Å². The average Bonchev–Trinajstić information content (AvgIpc) is 2.49. The molecule has 1 aromatic heterocycles. The Morgan fingerprint density at radius 1 is 1.29 bits per heavy atom. The number of hydrogen-bond donors (Lipinski definition) is 2. The topological polar surface area (TPSA) is 74.7 Å². The van der Waals surface area contributed by atoms with Crippen LogP contribution in [0, 0.1) is 5.82 Å². The predicted molar refractivity (Wildman–Crippen MR) is 78.3 cm³/mol. The molecular weight excluding hydrogens is 271 g/mol. The quantitative estimate of drug-likeness (QED) is 0.382. The Morgan fingerprint density at radius 3 is 2.67 bits per heavy atom. The zero-order valence-electron chi connectivity index (χ0n) is 11.7. The van der Waals surface area contributed by atoms with Gasteiger partial charge < -0.3 is 10.9 Å². The van der Waals surface area contributed by atoms with Gasteiger partial charge in [-0.05, 0) is 42.4 Å². The van der Waals surface area contributed by atoms with Gasteiger partial charge in [0, 0.05) is 31.0 Å². The fourth-order valence-corrected chi connectivity index (χ4v) is 2.13. The molecule has 21 heavy (non-hydrogen) atoms. The van der Waals surface area contributed by atoms with Gasteiger partial charge in [-0.1, -0.05) is 11.2 Å². The van der Waals surface area contributed by atoms with E-state index >= 15 is 0 Å². The molecule has 0 aliphatic heterocycles. The smallest absolute Gasteiger partial charge is 0.170 e. The number of aromatic nitrogens is 1. The van der Waals surface area contributed by atoms with Crippen molar-refractivity contribution < 1.29 is 9.60 Å². The zero-order chi connectivity index (χ0) is 15.2. The number of nitrogens with zero attached hydrogens (tertiary/aromatic N) is 3. The van der Waals surface area contributed by atoms with E-state index in [1.165, 1.54) is 12.1 Å². The van der Waals surface area contributed by atoms with Crippen molar-refractivity contribution in [3.8, 4) is 0 Å². The lowest BCUT2D eigenvalue weighted by molar-refractivity contribution is 0.315. The summed E-state index contributed by atoms with van der Waals surface area (Å²) in [5, 5.41) is 11.7. The number of pyridine rings is 1. The van der Waals surface area contributed by atoms with E-state index in [-0.39, 0.29) is 5.84 Å². The van der Waals surface area contributed by atoms with E-state index < -0.39 is 5.82 Å². The number of nitrogens with two attached hydrogens (primary N) is 1. The van der Waals surface area contributed by atoms with Gasteiger partial charge in [-0.25, -0.2) is 4.39 Å². The molecular formula is C15H17FN4O. The van der Waals surface area contributed by atoms with E-state index in [4.69, 9.17) is 10.9 Å². The highest BCUT2D eigenvalue weighted by Crippen LogP contribution is 2.14. The fraction of sp³-hybridized carbons (Fsp3) is 0.200. The summed E-state index contributed by atoms with van der Waals surface area (Å²) in [7, 11) is 1.94. The van der Waals surface area contributed by atoms with Crippen molar-refractivity contribution in [1.82, 2.24) is 9.88 Å². The maximum absolute atomic E-state index is 13.3. The first-order chi connectivity index (χ1) is 10.1. The third-order valence-corrected chi connectivity index (χ3v) is 3.10. The van der Waals surface area contributed by atoms with E-state index in [9.17, 15) is 4.39 Å². The Balaban J connectivity index is 2.15. The molecule has 6 heteroatoms. The molecule has 2 rings (SSSR count). The van der Waals surface area contributed by atoms with Crippen LogP contribution in [-0.2, 0) is 13.1 Å². The van der Waals surface area contributed by atoms with Gasteiger partial charge in [-0.15, -0.1) is 0 Å². The molecule has 0 amide bonds. The lowest BCUT2D eigenvalue weighted by Crippen LogP contribution is -2.22. The molecule has 0 unspecified atom stereocenters. The highest BCUT2D eigenvalue weighted by Gasteiger charge is 2.11. The van der Waals surface area contributed by atoms with Crippen molar-refractivity contribution in [3.05, 3.63) is 65.2 Å². The molecule has 0 saturated heterocycles. The van der Waals surface area contributed by atoms with Crippen LogP contribution in [-0.4, -0.2) is 28.0 Å². The monoisotopic (exact) mass is 288 g/mol. The molecule has 0 spiro atoms. The molecule has 0 radical (unpaired) electrons. The molecule has 0 aliphatic rings. The minimum Gasteiger partial charge on any atom is -0.409 e. The van der Waals surface area contributed by atoms with Crippen molar-refractivity contribution >= 4 is 5.84 Å². The SMILES string of the molecule is CN(Cc1ccncc1)Cc1ccc(F)cc1C(N)=NO. The third-order valence-electron chi connectivity index (χ3n) is 3.10. The van der Waals surface area contributed by atoms with Gasteiger partial charge in [0.05, 0.1) is 0 Å². The first-order valence-electron chi connectivity index (χ1n) is 6.44. The number of oxime groups is 1. The Bertz CT molecular complexity index is 631. The van der Waals surface area contributed by atoms with Crippen LogP contribution >= 0.6 is 0 Å². The van der Waals surface area contributed by atoms with Crippen molar-refractivity contribution in [3.63, 3.8) is 0 Å². The lowest BCUT2D eigenvalue weighted by atomic mass is 10.1. The molecule has 5 nitrogen and oxygen atoms in total. The fourth-order valence-electron chi connectivity index (χ4n) is 2.13. The van der Waals surface area contributed by atoms with Gasteiger partial charge in [0.1, 0.15) is 5.82 Å². The van der Waals surface area contributed by atoms with Crippen molar-refractivity contribution in [2.75, 3.05) is 7.05 Å². The van der Waals surface area contributed by atoms with Crippen molar-refractivity contribution in [1.29, 1.82) is 0 Å². The molecule has 110 valence electrons.